The van der Waals surface area contributed by atoms with Crippen molar-refractivity contribution >= 4 is 21.6 Å². The van der Waals surface area contributed by atoms with E-state index >= 15 is 0 Å². The molecular formula is C21H29N3O4S. The molecule has 0 bridgehead atoms. The highest BCUT2D eigenvalue weighted by atomic mass is 32.2. The van der Waals surface area contributed by atoms with Crippen LogP contribution >= 0.6 is 0 Å². The summed E-state index contributed by atoms with van der Waals surface area (Å²) in [6.07, 6.45) is 5.83. The maximum absolute atomic E-state index is 13.1. The van der Waals surface area contributed by atoms with Gasteiger partial charge in [0.05, 0.1) is 30.4 Å². The summed E-state index contributed by atoms with van der Waals surface area (Å²) in [6.45, 7) is 3.73. The average molecular weight is 420 g/mol. The van der Waals surface area contributed by atoms with Crippen molar-refractivity contribution in [2.24, 2.45) is 5.73 Å². The third-order valence-corrected chi connectivity index (χ3v) is 7.17. The van der Waals surface area contributed by atoms with Crippen LogP contribution in [-0.4, -0.2) is 38.7 Å². The normalized spacial score (nSPS) is 12.4. The van der Waals surface area contributed by atoms with E-state index < -0.39 is 21.2 Å². The van der Waals surface area contributed by atoms with E-state index in [0.29, 0.717) is 23.4 Å². The number of carbonyl (C=O) groups is 1. The van der Waals surface area contributed by atoms with Crippen LogP contribution in [0.25, 0.3) is 0 Å². The summed E-state index contributed by atoms with van der Waals surface area (Å²) in [7, 11) is -0.662. The molecule has 2 rings (SSSR count). The lowest BCUT2D eigenvalue weighted by Crippen LogP contribution is -2.36. The predicted octanol–water partition coefficient (Wildman–Crippen LogP) is 2.93. The molecule has 0 aliphatic heterocycles. The highest BCUT2D eigenvalue weighted by molar-refractivity contribution is 7.93. The summed E-state index contributed by atoms with van der Waals surface area (Å²) >= 11 is 0. The molecule has 1 aromatic heterocycles. The molecule has 0 saturated carbocycles. The number of nitrogens with two attached hydrogens (primary N) is 1. The number of amides is 1. The van der Waals surface area contributed by atoms with Crippen LogP contribution in [0, 0.1) is 0 Å². The first-order valence-corrected chi connectivity index (χ1v) is 11.1. The molecule has 29 heavy (non-hydrogen) atoms. The molecule has 0 aliphatic carbocycles. The van der Waals surface area contributed by atoms with Crippen molar-refractivity contribution in [2.75, 3.05) is 18.5 Å². The zero-order valence-corrected chi connectivity index (χ0v) is 18.2. The van der Waals surface area contributed by atoms with E-state index in [2.05, 4.69) is 11.9 Å². The van der Waals surface area contributed by atoms with E-state index in [1.165, 1.54) is 30.9 Å². The molecule has 2 aromatic rings. The molecule has 1 aromatic carbocycles. The maximum atomic E-state index is 13.1. The number of methoxy groups -OCH3 is 1. The van der Waals surface area contributed by atoms with Gasteiger partial charge in [0.25, 0.3) is 0 Å². The number of unbranched alkanes of at least 4 members (excludes halogenated alkanes) is 1. The average Bonchev–Trinajstić information content (AvgIpc) is 2.71. The summed E-state index contributed by atoms with van der Waals surface area (Å²) in [5.41, 5.74) is 8.11. The van der Waals surface area contributed by atoms with E-state index in [4.69, 9.17) is 10.5 Å². The monoisotopic (exact) mass is 419 g/mol. The number of sulfonamides is 1. The van der Waals surface area contributed by atoms with Crippen molar-refractivity contribution in [3.63, 3.8) is 0 Å². The Morgan fingerprint density at radius 1 is 1.31 bits per heavy atom. The van der Waals surface area contributed by atoms with E-state index in [9.17, 15) is 13.2 Å². The van der Waals surface area contributed by atoms with Gasteiger partial charge in [0.2, 0.25) is 15.9 Å². The molecule has 0 spiro atoms. The van der Waals surface area contributed by atoms with Crippen molar-refractivity contribution in [2.45, 2.75) is 44.8 Å². The van der Waals surface area contributed by atoms with Gasteiger partial charge >= 0.3 is 0 Å². The number of aromatic nitrogens is 1. The fourth-order valence-electron chi connectivity index (χ4n) is 3.23. The van der Waals surface area contributed by atoms with Crippen LogP contribution < -0.4 is 14.8 Å². The second-order valence-electron chi connectivity index (χ2n) is 7.02. The molecule has 0 fully saturated rings. The Kier molecular flexibility index (Phi) is 7.61. The third kappa shape index (κ3) is 5.26. The Morgan fingerprint density at radius 2 is 2.03 bits per heavy atom. The van der Waals surface area contributed by atoms with Gasteiger partial charge in [0.15, 0.2) is 0 Å². The number of ether oxygens (including phenoxy) is 1. The van der Waals surface area contributed by atoms with Gasteiger partial charge in [-0.3, -0.25) is 14.1 Å². The summed E-state index contributed by atoms with van der Waals surface area (Å²) in [6, 6.07) is 6.94. The van der Waals surface area contributed by atoms with Crippen molar-refractivity contribution in [1.29, 1.82) is 0 Å². The topological polar surface area (TPSA) is 103 Å². The molecule has 0 radical (unpaired) electrons. The van der Waals surface area contributed by atoms with Crippen molar-refractivity contribution in [3.8, 4) is 5.75 Å². The number of rotatable bonds is 10. The van der Waals surface area contributed by atoms with Gasteiger partial charge in [-0.15, -0.1) is 0 Å². The fourth-order valence-corrected chi connectivity index (χ4v) is 4.55. The van der Waals surface area contributed by atoms with Gasteiger partial charge in [-0.05, 0) is 43.4 Å². The smallest absolute Gasteiger partial charge is 0.248 e. The number of carbonyl (C=O) groups excluding carboxylic acids is 1. The first-order chi connectivity index (χ1) is 13.7. The zero-order chi connectivity index (χ0) is 21.6. The van der Waals surface area contributed by atoms with Crippen LogP contribution in [-0.2, 0) is 22.9 Å². The second-order valence-corrected chi connectivity index (χ2v) is 9.40. The van der Waals surface area contributed by atoms with Crippen LogP contribution in [0.15, 0.2) is 36.7 Å². The fraction of sp³-hybridized carbons (Fsp3) is 0.429. The SMILES string of the molecule is CCCCc1c(CC(C)S(=O)(=O)N(C)c2cncc(OC)c2)cccc1C(N)=O. The van der Waals surface area contributed by atoms with E-state index in [1.54, 1.807) is 25.1 Å². The number of hydrogen-bond donors (Lipinski definition) is 1. The maximum Gasteiger partial charge on any atom is 0.248 e. The number of hydrogen-bond acceptors (Lipinski definition) is 5. The molecule has 8 heteroatoms. The van der Waals surface area contributed by atoms with Gasteiger partial charge in [-0.2, -0.15) is 0 Å². The molecule has 0 saturated heterocycles. The highest BCUT2D eigenvalue weighted by Gasteiger charge is 2.28. The van der Waals surface area contributed by atoms with E-state index in [-0.39, 0.29) is 6.42 Å². The minimum atomic E-state index is -3.66. The Labute approximate surface area is 172 Å². The number of nitrogens with zero attached hydrogens (tertiary/aromatic N) is 2. The Hall–Kier alpha value is -2.61. The zero-order valence-electron chi connectivity index (χ0n) is 17.4. The minimum Gasteiger partial charge on any atom is -0.495 e. The van der Waals surface area contributed by atoms with E-state index in [0.717, 1.165) is 24.0 Å². The summed E-state index contributed by atoms with van der Waals surface area (Å²) in [4.78, 5) is 15.9. The van der Waals surface area contributed by atoms with Crippen LogP contribution in [0.4, 0.5) is 5.69 Å². The number of primary amides is 1. The molecule has 0 aliphatic rings. The van der Waals surface area contributed by atoms with Crippen molar-refractivity contribution in [1.82, 2.24) is 4.98 Å². The van der Waals surface area contributed by atoms with Gasteiger partial charge in [-0.1, -0.05) is 25.5 Å². The quantitative estimate of drug-likeness (QED) is 0.638. The Bertz CT molecular complexity index is 960. The van der Waals surface area contributed by atoms with E-state index in [1.807, 2.05) is 6.07 Å². The molecule has 1 atom stereocenters. The Balaban J connectivity index is 2.33. The molecule has 158 valence electrons. The van der Waals surface area contributed by atoms with Crippen LogP contribution in [0.1, 0.15) is 48.2 Å². The molecule has 2 N–H and O–H groups in total. The summed E-state index contributed by atoms with van der Waals surface area (Å²) < 4.78 is 32.6. The lowest BCUT2D eigenvalue weighted by molar-refractivity contribution is 0.0999. The van der Waals surface area contributed by atoms with Gasteiger partial charge in [0, 0.05) is 18.7 Å². The molecule has 1 amide bonds. The minimum absolute atomic E-state index is 0.282. The largest absolute Gasteiger partial charge is 0.495 e. The summed E-state index contributed by atoms with van der Waals surface area (Å²) in [5, 5.41) is -0.706. The summed E-state index contributed by atoms with van der Waals surface area (Å²) in [5.74, 6) is -0.0127. The molecular weight excluding hydrogens is 390 g/mol. The second kappa shape index (κ2) is 9.73. The van der Waals surface area contributed by atoms with Crippen molar-refractivity contribution in [3.05, 3.63) is 53.3 Å². The van der Waals surface area contributed by atoms with Crippen molar-refractivity contribution < 1.29 is 17.9 Å². The number of pyridine rings is 1. The number of anilines is 1. The molecule has 7 nitrogen and oxygen atoms in total. The molecule has 1 unspecified atom stereocenters. The van der Waals surface area contributed by atoms with Gasteiger partial charge < -0.3 is 10.5 Å². The molecule has 1 heterocycles. The Morgan fingerprint density at radius 3 is 2.66 bits per heavy atom. The van der Waals surface area contributed by atoms with Gasteiger partial charge in [-0.25, -0.2) is 8.42 Å². The van der Waals surface area contributed by atoms with Crippen LogP contribution in [0.2, 0.25) is 0 Å². The first kappa shape index (κ1) is 22.7. The lowest BCUT2D eigenvalue weighted by Gasteiger charge is -2.25. The first-order valence-electron chi connectivity index (χ1n) is 9.59. The van der Waals surface area contributed by atoms with Gasteiger partial charge in [0.1, 0.15) is 5.75 Å². The van der Waals surface area contributed by atoms with Crippen LogP contribution in [0.5, 0.6) is 5.75 Å². The standard InChI is InChI=1S/C21H29N3O4S/c1-5-6-9-19-16(8-7-10-20(19)21(22)25)11-15(2)29(26,27)24(3)17-12-18(28-4)14-23-13-17/h7-8,10,12-15H,5-6,9,11H2,1-4H3,(H2,22,25). The van der Waals surface area contributed by atoms with Crippen LogP contribution in [0.3, 0.4) is 0 Å². The highest BCUT2D eigenvalue weighted by Crippen LogP contribution is 2.25. The predicted molar refractivity (Wildman–Crippen MR) is 115 cm³/mol. The third-order valence-electron chi connectivity index (χ3n) is 5.01. The number of benzene rings is 1. The lowest BCUT2D eigenvalue weighted by atomic mass is 9.93.